The molecule has 5 rings (SSSR count). The fraction of sp³-hybridized carbons (Fsp3) is 0.381. The van der Waals surface area contributed by atoms with Crippen molar-refractivity contribution in [3.05, 3.63) is 47.7 Å². The van der Waals surface area contributed by atoms with Gasteiger partial charge < -0.3 is 14.6 Å². The number of carbonyl (C=O) groups is 1. The molecule has 4 heteroatoms. The normalized spacial score (nSPS) is 23.3. The molecule has 2 saturated heterocycles. The minimum atomic E-state index is 0.0344. The van der Waals surface area contributed by atoms with Crippen LogP contribution in [0.3, 0.4) is 0 Å². The third kappa shape index (κ3) is 2.35. The Morgan fingerprint density at radius 1 is 1.08 bits per heavy atom. The van der Waals surface area contributed by atoms with E-state index in [-0.39, 0.29) is 5.91 Å². The van der Waals surface area contributed by atoms with Gasteiger partial charge in [-0.05, 0) is 31.6 Å². The zero-order chi connectivity index (χ0) is 17.0. The Bertz CT molecular complexity index is 975. The summed E-state index contributed by atoms with van der Waals surface area (Å²) in [6.07, 6.45) is 3.44. The Balaban J connectivity index is 1.57. The highest BCUT2D eigenvalue weighted by Crippen LogP contribution is 2.33. The van der Waals surface area contributed by atoms with Gasteiger partial charge in [0.25, 0.3) is 5.91 Å². The Morgan fingerprint density at radius 3 is 2.84 bits per heavy atom. The molecule has 0 saturated carbocycles. The first-order valence-corrected chi connectivity index (χ1v) is 9.17. The first-order chi connectivity index (χ1) is 12.2. The lowest BCUT2D eigenvalue weighted by Gasteiger charge is -2.23. The van der Waals surface area contributed by atoms with Crippen molar-refractivity contribution in [3.63, 3.8) is 0 Å². The Kier molecular flexibility index (Phi) is 3.35. The van der Waals surface area contributed by atoms with Gasteiger partial charge in [-0.2, -0.15) is 0 Å². The lowest BCUT2D eigenvalue weighted by Crippen LogP contribution is -2.39. The Morgan fingerprint density at radius 2 is 1.92 bits per heavy atom. The second-order valence-corrected chi connectivity index (χ2v) is 7.40. The SMILES string of the molecule is Cc1c(C(=O)N2CCC3CCC(C2)N3)oc2c1ccc1ccccc12. The molecule has 2 unspecified atom stereocenters. The summed E-state index contributed by atoms with van der Waals surface area (Å²) in [6, 6.07) is 13.3. The summed E-state index contributed by atoms with van der Waals surface area (Å²) >= 11 is 0. The van der Waals surface area contributed by atoms with E-state index in [1.807, 2.05) is 24.0 Å². The second-order valence-electron chi connectivity index (χ2n) is 7.40. The summed E-state index contributed by atoms with van der Waals surface area (Å²) in [5.74, 6) is 0.538. The molecule has 25 heavy (non-hydrogen) atoms. The monoisotopic (exact) mass is 334 g/mol. The van der Waals surface area contributed by atoms with E-state index in [0.717, 1.165) is 53.2 Å². The molecule has 0 aliphatic carbocycles. The van der Waals surface area contributed by atoms with Gasteiger partial charge in [0.1, 0.15) is 5.58 Å². The van der Waals surface area contributed by atoms with E-state index in [1.165, 1.54) is 6.42 Å². The first kappa shape index (κ1) is 15.0. The maximum Gasteiger partial charge on any atom is 0.289 e. The van der Waals surface area contributed by atoms with Crippen molar-refractivity contribution >= 4 is 27.6 Å². The van der Waals surface area contributed by atoms with Crippen LogP contribution in [0.2, 0.25) is 0 Å². The Hall–Kier alpha value is -2.33. The highest BCUT2D eigenvalue weighted by atomic mass is 16.3. The summed E-state index contributed by atoms with van der Waals surface area (Å²) in [6.45, 7) is 3.59. The molecule has 0 radical (unpaired) electrons. The number of fused-ring (bicyclic) bond motifs is 5. The van der Waals surface area contributed by atoms with E-state index in [0.29, 0.717) is 17.8 Å². The van der Waals surface area contributed by atoms with Crippen LogP contribution in [-0.2, 0) is 0 Å². The molecule has 2 atom stereocenters. The zero-order valence-electron chi connectivity index (χ0n) is 14.4. The second kappa shape index (κ2) is 5.60. The predicted molar refractivity (Wildman–Crippen MR) is 98.9 cm³/mol. The number of aryl methyl sites for hydroxylation is 1. The van der Waals surface area contributed by atoms with Gasteiger partial charge in [-0.15, -0.1) is 0 Å². The summed E-state index contributed by atoms with van der Waals surface area (Å²) in [4.78, 5) is 15.1. The average Bonchev–Trinajstić information content (AvgIpc) is 3.14. The van der Waals surface area contributed by atoms with Gasteiger partial charge in [-0.1, -0.05) is 36.4 Å². The van der Waals surface area contributed by atoms with Gasteiger partial charge in [-0.25, -0.2) is 0 Å². The fourth-order valence-electron chi connectivity index (χ4n) is 4.42. The smallest absolute Gasteiger partial charge is 0.289 e. The maximum atomic E-state index is 13.2. The standard InChI is InChI=1S/C21H22N2O2/c1-13-17-9-6-14-4-2-3-5-18(14)20(17)25-19(13)21(24)23-11-10-15-7-8-16(12-23)22-15/h2-6,9,15-16,22H,7-8,10-12H2,1H3. The number of rotatable bonds is 1. The molecule has 4 nitrogen and oxygen atoms in total. The van der Waals surface area contributed by atoms with Crippen LogP contribution in [0.5, 0.6) is 0 Å². The molecule has 128 valence electrons. The van der Waals surface area contributed by atoms with Gasteiger partial charge in [0.2, 0.25) is 0 Å². The van der Waals surface area contributed by atoms with Crippen molar-refractivity contribution < 1.29 is 9.21 Å². The van der Waals surface area contributed by atoms with Crippen molar-refractivity contribution in [2.45, 2.75) is 38.3 Å². The zero-order valence-corrected chi connectivity index (χ0v) is 14.4. The van der Waals surface area contributed by atoms with Gasteiger partial charge in [0, 0.05) is 41.5 Å². The van der Waals surface area contributed by atoms with Gasteiger partial charge in [0.05, 0.1) is 0 Å². The number of nitrogens with one attached hydrogen (secondary N) is 1. The molecule has 2 fully saturated rings. The van der Waals surface area contributed by atoms with Crippen LogP contribution in [0.4, 0.5) is 0 Å². The quantitative estimate of drug-likeness (QED) is 0.735. The molecule has 3 heterocycles. The van der Waals surface area contributed by atoms with Crippen LogP contribution < -0.4 is 5.32 Å². The van der Waals surface area contributed by atoms with Crippen molar-refractivity contribution in [2.24, 2.45) is 0 Å². The van der Waals surface area contributed by atoms with Crippen LogP contribution in [-0.4, -0.2) is 36.0 Å². The van der Waals surface area contributed by atoms with Crippen molar-refractivity contribution in [1.82, 2.24) is 10.2 Å². The third-order valence-corrected chi connectivity index (χ3v) is 5.83. The molecule has 2 aliphatic heterocycles. The van der Waals surface area contributed by atoms with E-state index in [9.17, 15) is 4.79 Å². The number of benzene rings is 2. The molecular formula is C21H22N2O2. The van der Waals surface area contributed by atoms with Crippen LogP contribution in [0, 0.1) is 6.92 Å². The summed E-state index contributed by atoms with van der Waals surface area (Å²) in [7, 11) is 0. The van der Waals surface area contributed by atoms with E-state index in [1.54, 1.807) is 0 Å². The number of hydrogen-bond donors (Lipinski definition) is 1. The molecule has 2 aliphatic rings. The molecule has 1 amide bonds. The number of furan rings is 1. The van der Waals surface area contributed by atoms with Crippen LogP contribution in [0.15, 0.2) is 40.8 Å². The molecule has 0 spiro atoms. The largest absolute Gasteiger partial charge is 0.450 e. The lowest BCUT2D eigenvalue weighted by atomic mass is 10.0. The van der Waals surface area contributed by atoms with Crippen LogP contribution in [0.25, 0.3) is 21.7 Å². The van der Waals surface area contributed by atoms with Crippen molar-refractivity contribution in [3.8, 4) is 0 Å². The average molecular weight is 334 g/mol. The molecule has 1 aromatic heterocycles. The molecule has 2 bridgehead atoms. The van der Waals surface area contributed by atoms with Gasteiger partial charge in [-0.3, -0.25) is 4.79 Å². The number of carbonyl (C=O) groups excluding carboxylic acids is 1. The van der Waals surface area contributed by atoms with E-state index >= 15 is 0 Å². The molecule has 2 aromatic carbocycles. The molecule has 3 aromatic rings. The molecule has 1 N–H and O–H groups in total. The highest BCUT2D eigenvalue weighted by Gasteiger charge is 2.33. The third-order valence-electron chi connectivity index (χ3n) is 5.83. The van der Waals surface area contributed by atoms with Crippen LogP contribution >= 0.6 is 0 Å². The van der Waals surface area contributed by atoms with E-state index in [4.69, 9.17) is 4.42 Å². The van der Waals surface area contributed by atoms with Crippen molar-refractivity contribution in [2.75, 3.05) is 13.1 Å². The number of hydrogen-bond acceptors (Lipinski definition) is 3. The van der Waals surface area contributed by atoms with Crippen LogP contribution in [0.1, 0.15) is 35.4 Å². The highest BCUT2D eigenvalue weighted by molar-refractivity contribution is 6.08. The summed E-state index contributed by atoms with van der Waals surface area (Å²) in [5, 5.41) is 6.87. The van der Waals surface area contributed by atoms with Crippen molar-refractivity contribution in [1.29, 1.82) is 0 Å². The van der Waals surface area contributed by atoms with Gasteiger partial charge in [0.15, 0.2) is 5.76 Å². The summed E-state index contributed by atoms with van der Waals surface area (Å²) < 4.78 is 6.14. The predicted octanol–water partition coefficient (Wildman–Crippen LogP) is 3.86. The fourth-order valence-corrected chi connectivity index (χ4v) is 4.42. The first-order valence-electron chi connectivity index (χ1n) is 9.17. The lowest BCUT2D eigenvalue weighted by molar-refractivity contribution is 0.0717. The topological polar surface area (TPSA) is 45.5 Å². The minimum absolute atomic E-state index is 0.0344. The number of likely N-dealkylation sites (tertiary alicyclic amines) is 1. The van der Waals surface area contributed by atoms with E-state index < -0.39 is 0 Å². The number of amides is 1. The van der Waals surface area contributed by atoms with E-state index in [2.05, 4.69) is 29.6 Å². The Labute approximate surface area is 146 Å². The number of nitrogens with zero attached hydrogens (tertiary/aromatic N) is 1. The van der Waals surface area contributed by atoms with Gasteiger partial charge >= 0.3 is 0 Å². The minimum Gasteiger partial charge on any atom is -0.450 e. The molecular weight excluding hydrogens is 312 g/mol. The maximum absolute atomic E-state index is 13.2. The summed E-state index contributed by atoms with van der Waals surface area (Å²) in [5.41, 5.74) is 1.78.